The summed E-state index contributed by atoms with van der Waals surface area (Å²) in [5.41, 5.74) is 0.952. The number of hydrogen-bond acceptors (Lipinski definition) is 2. The monoisotopic (exact) mass is 263 g/mol. The maximum Gasteiger partial charge on any atom is 0.226 e. The molecule has 2 heterocycles. The van der Waals surface area contributed by atoms with Gasteiger partial charge in [-0.25, -0.2) is 4.39 Å². The van der Waals surface area contributed by atoms with E-state index < -0.39 is 0 Å². The van der Waals surface area contributed by atoms with Gasteiger partial charge in [0.15, 0.2) is 0 Å². The molecule has 1 aromatic rings. The Morgan fingerprint density at radius 2 is 1.95 bits per heavy atom. The first-order chi connectivity index (χ1) is 9.16. The molecule has 3 rings (SSSR count). The van der Waals surface area contributed by atoms with Gasteiger partial charge < -0.3 is 9.64 Å². The molecular formula is C15H18FNO2. The van der Waals surface area contributed by atoms with Crippen LogP contribution in [-0.2, 0) is 9.53 Å². The van der Waals surface area contributed by atoms with Crippen LogP contribution >= 0.6 is 0 Å². The maximum atomic E-state index is 13.0. The third kappa shape index (κ3) is 2.25. The smallest absolute Gasteiger partial charge is 0.226 e. The van der Waals surface area contributed by atoms with Crippen molar-refractivity contribution < 1.29 is 13.9 Å². The Morgan fingerprint density at radius 3 is 2.68 bits per heavy atom. The maximum absolute atomic E-state index is 13.0. The van der Waals surface area contributed by atoms with Crippen molar-refractivity contribution in [3.05, 3.63) is 35.6 Å². The first-order valence-corrected chi connectivity index (χ1v) is 6.82. The average molecular weight is 263 g/mol. The van der Waals surface area contributed by atoms with Crippen LogP contribution in [-0.4, -0.2) is 30.1 Å². The molecule has 4 heteroatoms. The topological polar surface area (TPSA) is 29.5 Å². The summed E-state index contributed by atoms with van der Waals surface area (Å²) in [6.07, 6.45) is 1.92. The number of carbonyl (C=O) groups is 1. The van der Waals surface area contributed by atoms with E-state index in [1.54, 1.807) is 12.1 Å². The molecule has 0 aliphatic carbocycles. The predicted molar refractivity (Wildman–Crippen MR) is 69.0 cm³/mol. The summed E-state index contributed by atoms with van der Waals surface area (Å²) in [5.74, 6) is 0.0292. The molecule has 2 aliphatic rings. The molecule has 2 aliphatic heterocycles. The Labute approximate surface area is 112 Å². The van der Waals surface area contributed by atoms with E-state index in [0.717, 1.165) is 18.4 Å². The highest BCUT2D eigenvalue weighted by molar-refractivity contribution is 5.80. The molecular weight excluding hydrogens is 245 g/mol. The standard InChI is InChI=1S/C15H18FNO2/c1-10-2-7-13-8-19-9-14(17(13)15(10)18)11-3-5-12(16)6-4-11/h3-6,10,13-14H,2,7-9H2,1H3. The van der Waals surface area contributed by atoms with E-state index >= 15 is 0 Å². The molecule has 1 amide bonds. The normalized spacial score (nSPS) is 31.2. The zero-order valence-corrected chi connectivity index (χ0v) is 11.0. The molecule has 0 spiro atoms. The Morgan fingerprint density at radius 1 is 1.21 bits per heavy atom. The van der Waals surface area contributed by atoms with E-state index in [2.05, 4.69) is 0 Å². The number of carbonyl (C=O) groups excluding carboxylic acids is 1. The van der Waals surface area contributed by atoms with Gasteiger partial charge in [0.25, 0.3) is 0 Å². The summed E-state index contributed by atoms with van der Waals surface area (Å²) in [5, 5.41) is 0. The number of fused-ring (bicyclic) bond motifs is 1. The average Bonchev–Trinajstić information content (AvgIpc) is 2.43. The zero-order valence-electron chi connectivity index (χ0n) is 11.0. The lowest BCUT2D eigenvalue weighted by atomic mass is 9.89. The molecule has 0 aromatic heterocycles. The molecule has 19 heavy (non-hydrogen) atoms. The van der Waals surface area contributed by atoms with E-state index in [1.165, 1.54) is 12.1 Å². The van der Waals surface area contributed by atoms with E-state index in [1.807, 2.05) is 11.8 Å². The second kappa shape index (κ2) is 4.93. The second-order valence-corrected chi connectivity index (χ2v) is 5.48. The molecule has 2 fully saturated rings. The summed E-state index contributed by atoms with van der Waals surface area (Å²) in [6.45, 7) is 3.10. The first kappa shape index (κ1) is 12.6. The van der Waals surface area contributed by atoms with Crippen molar-refractivity contribution in [3.63, 3.8) is 0 Å². The van der Waals surface area contributed by atoms with Crippen molar-refractivity contribution in [3.8, 4) is 0 Å². The van der Waals surface area contributed by atoms with Crippen molar-refractivity contribution >= 4 is 5.91 Å². The van der Waals surface area contributed by atoms with Gasteiger partial charge in [0.2, 0.25) is 5.91 Å². The number of halogens is 1. The van der Waals surface area contributed by atoms with E-state index in [9.17, 15) is 9.18 Å². The van der Waals surface area contributed by atoms with E-state index in [-0.39, 0.29) is 29.7 Å². The van der Waals surface area contributed by atoms with Gasteiger partial charge >= 0.3 is 0 Å². The number of ether oxygens (including phenoxy) is 1. The van der Waals surface area contributed by atoms with Crippen molar-refractivity contribution in [1.29, 1.82) is 0 Å². The second-order valence-electron chi connectivity index (χ2n) is 5.48. The fraction of sp³-hybridized carbons (Fsp3) is 0.533. The lowest BCUT2D eigenvalue weighted by Crippen LogP contribution is -2.54. The van der Waals surface area contributed by atoms with Gasteiger partial charge in [-0.2, -0.15) is 0 Å². The number of morpholine rings is 1. The highest BCUT2D eigenvalue weighted by atomic mass is 19.1. The summed E-state index contributed by atoms with van der Waals surface area (Å²) in [4.78, 5) is 14.4. The summed E-state index contributed by atoms with van der Waals surface area (Å²) >= 11 is 0. The number of amides is 1. The third-order valence-corrected chi connectivity index (χ3v) is 4.18. The largest absolute Gasteiger partial charge is 0.377 e. The van der Waals surface area contributed by atoms with Gasteiger partial charge in [0.1, 0.15) is 5.82 Å². The minimum absolute atomic E-state index is 0.0744. The van der Waals surface area contributed by atoms with Gasteiger partial charge in [-0.15, -0.1) is 0 Å². The van der Waals surface area contributed by atoms with E-state index in [0.29, 0.717) is 13.2 Å². The van der Waals surface area contributed by atoms with Gasteiger partial charge in [0.05, 0.1) is 25.3 Å². The van der Waals surface area contributed by atoms with Crippen LogP contribution in [0.25, 0.3) is 0 Å². The summed E-state index contributed by atoms with van der Waals surface area (Å²) < 4.78 is 18.6. The predicted octanol–water partition coefficient (Wildman–Crippen LogP) is 2.52. The SMILES string of the molecule is CC1CCC2COCC(c3ccc(F)cc3)N2C1=O. The zero-order chi connectivity index (χ0) is 13.4. The first-order valence-electron chi connectivity index (χ1n) is 6.82. The molecule has 3 nitrogen and oxygen atoms in total. The quantitative estimate of drug-likeness (QED) is 0.779. The number of benzene rings is 1. The minimum atomic E-state index is -0.254. The number of piperidine rings is 1. The molecule has 3 atom stereocenters. The Balaban J connectivity index is 1.91. The van der Waals surface area contributed by atoms with Crippen molar-refractivity contribution in [2.24, 2.45) is 5.92 Å². The molecule has 0 radical (unpaired) electrons. The molecule has 102 valence electrons. The lowest BCUT2D eigenvalue weighted by Gasteiger charge is -2.46. The van der Waals surface area contributed by atoms with Crippen LogP contribution in [0.2, 0.25) is 0 Å². The lowest BCUT2D eigenvalue weighted by molar-refractivity contribution is -0.156. The van der Waals surface area contributed by atoms with Crippen LogP contribution in [0.3, 0.4) is 0 Å². The molecule has 2 saturated heterocycles. The van der Waals surface area contributed by atoms with Gasteiger partial charge in [-0.1, -0.05) is 19.1 Å². The van der Waals surface area contributed by atoms with Crippen LogP contribution in [0.4, 0.5) is 4.39 Å². The van der Waals surface area contributed by atoms with Crippen LogP contribution < -0.4 is 0 Å². The van der Waals surface area contributed by atoms with Gasteiger partial charge in [-0.05, 0) is 30.5 Å². The van der Waals surface area contributed by atoms with Crippen molar-refractivity contribution in [1.82, 2.24) is 4.90 Å². The Hall–Kier alpha value is -1.42. The highest BCUT2D eigenvalue weighted by Crippen LogP contribution is 2.35. The van der Waals surface area contributed by atoms with E-state index in [4.69, 9.17) is 4.74 Å². The molecule has 0 N–H and O–H groups in total. The van der Waals surface area contributed by atoms with Gasteiger partial charge in [-0.3, -0.25) is 4.79 Å². The third-order valence-electron chi connectivity index (χ3n) is 4.18. The van der Waals surface area contributed by atoms with Gasteiger partial charge in [0, 0.05) is 5.92 Å². The van der Waals surface area contributed by atoms with Crippen molar-refractivity contribution in [2.75, 3.05) is 13.2 Å². The number of nitrogens with zero attached hydrogens (tertiary/aromatic N) is 1. The molecule has 1 aromatic carbocycles. The molecule has 0 bridgehead atoms. The minimum Gasteiger partial charge on any atom is -0.377 e. The van der Waals surface area contributed by atoms with Crippen molar-refractivity contribution in [2.45, 2.75) is 31.8 Å². The fourth-order valence-corrected chi connectivity index (χ4v) is 3.05. The fourth-order valence-electron chi connectivity index (χ4n) is 3.05. The number of rotatable bonds is 1. The van der Waals surface area contributed by atoms with Crippen LogP contribution in [0, 0.1) is 11.7 Å². The summed E-state index contributed by atoms with van der Waals surface area (Å²) in [6, 6.07) is 6.48. The molecule has 3 unspecified atom stereocenters. The molecule has 0 saturated carbocycles. The van der Waals surface area contributed by atoms with Crippen LogP contribution in [0.5, 0.6) is 0 Å². The van der Waals surface area contributed by atoms with Crippen LogP contribution in [0.15, 0.2) is 24.3 Å². The Bertz CT molecular complexity index is 474. The Kier molecular flexibility index (Phi) is 3.27. The summed E-state index contributed by atoms with van der Waals surface area (Å²) in [7, 11) is 0. The van der Waals surface area contributed by atoms with Crippen LogP contribution in [0.1, 0.15) is 31.4 Å². The number of hydrogen-bond donors (Lipinski definition) is 0. The highest BCUT2D eigenvalue weighted by Gasteiger charge is 2.40.